The Balaban J connectivity index is 1.45. The van der Waals surface area contributed by atoms with Crippen molar-refractivity contribution in [1.29, 1.82) is 0 Å². The van der Waals surface area contributed by atoms with Gasteiger partial charge in [-0.05, 0) is 47.5 Å². The summed E-state index contributed by atoms with van der Waals surface area (Å²) in [7, 11) is 0. The van der Waals surface area contributed by atoms with Gasteiger partial charge in [0, 0.05) is 23.6 Å². The highest BCUT2D eigenvalue weighted by molar-refractivity contribution is 6.30. The van der Waals surface area contributed by atoms with Gasteiger partial charge in [-0.3, -0.25) is 9.59 Å². The highest BCUT2D eigenvalue weighted by Crippen LogP contribution is 2.32. The zero-order valence-electron chi connectivity index (χ0n) is 16.6. The van der Waals surface area contributed by atoms with Crippen molar-refractivity contribution in [3.63, 3.8) is 0 Å². The number of fused-ring (bicyclic) bond motifs is 1. The van der Waals surface area contributed by atoms with E-state index in [1.807, 2.05) is 48.5 Å². The summed E-state index contributed by atoms with van der Waals surface area (Å²) in [5, 5.41) is 6.29. The molecule has 3 aromatic rings. The third-order valence-corrected chi connectivity index (χ3v) is 5.17. The molecule has 1 aliphatic heterocycles. The molecule has 3 aromatic carbocycles. The van der Waals surface area contributed by atoms with Crippen molar-refractivity contribution in [3.05, 3.63) is 94.5 Å². The second kappa shape index (κ2) is 9.53. The Morgan fingerprint density at radius 2 is 1.65 bits per heavy atom. The number of halogens is 1. The van der Waals surface area contributed by atoms with Gasteiger partial charge >= 0.3 is 0 Å². The van der Waals surface area contributed by atoms with Gasteiger partial charge in [0.15, 0.2) is 11.5 Å². The Kier molecular flexibility index (Phi) is 6.38. The second-order valence-corrected chi connectivity index (χ2v) is 7.56. The van der Waals surface area contributed by atoms with Crippen molar-refractivity contribution in [2.75, 3.05) is 6.79 Å². The molecule has 158 valence electrons. The number of nitrogens with one attached hydrogen (secondary N) is 2. The van der Waals surface area contributed by atoms with E-state index in [-0.39, 0.29) is 18.6 Å². The average molecular weight is 437 g/mol. The molecule has 1 heterocycles. The van der Waals surface area contributed by atoms with Crippen molar-refractivity contribution < 1.29 is 19.1 Å². The summed E-state index contributed by atoms with van der Waals surface area (Å²) in [5.41, 5.74) is 2.26. The Morgan fingerprint density at radius 1 is 0.903 bits per heavy atom. The molecular weight excluding hydrogens is 416 g/mol. The van der Waals surface area contributed by atoms with Gasteiger partial charge in [0.1, 0.15) is 6.04 Å². The van der Waals surface area contributed by atoms with Crippen molar-refractivity contribution in [2.24, 2.45) is 0 Å². The lowest BCUT2D eigenvalue weighted by molar-refractivity contribution is -0.123. The minimum Gasteiger partial charge on any atom is -0.454 e. The highest BCUT2D eigenvalue weighted by atomic mass is 35.5. The van der Waals surface area contributed by atoms with E-state index in [9.17, 15) is 9.59 Å². The summed E-state index contributed by atoms with van der Waals surface area (Å²) in [6.07, 6.45) is 0.368. The van der Waals surface area contributed by atoms with Crippen molar-refractivity contribution in [2.45, 2.75) is 19.0 Å². The lowest BCUT2D eigenvalue weighted by atomic mass is 10.0. The monoisotopic (exact) mass is 436 g/mol. The molecular formula is C24H21ClN2O4. The fourth-order valence-electron chi connectivity index (χ4n) is 3.27. The van der Waals surface area contributed by atoms with Gasteiger partial charge in [0.05, 0.1) is 0 Å². The van der Waals surface area contributed by atoms with E-state index in [2.05, 4.69) is 10.6 Å². The molecule has 1 atom stereocenters. The third-order valence-electron chi connectivity index (χ3n) is 4.91. The maximum absolute atomic E-state index is 13.0. The van der Waals surface area contributed by atoms with Crippen molar-refractivity contribution in [3.8, 4) is 11.5 Å². The van der Waals surface area contributed by atoms with Gasteiger partial charge in [-0.15, -0.1) is 0 Å². The largest absolute Gasteiger partial charge is 0.454 e. The number of carbonyl (C=O) groups excluding carboxylic acids is 2. The van der Waals surface area contributed by atoms with Gasteiger partial charge in [0.25, 0.3) is 5.91 Å². The van der Waals surface area contributed by atoms with Crippen LogP contribution in [0.4, 0.5) is 0 Å². The van der Waals surface area contributed by atoms with Crippen molar-refractivity contribution >= 4 is 23.4 Å². The Hall–Kier alpha value is -3.51. The van der Waals surface area contributed by atoms with Crippen molar-refractivity contribution in [1.82, 2.24) is 10.6 Å². The Bertz CT molecular complexity index is 1070. The predicted molar refractivity (Wildman–Crippen MR) is 117 cm³/mol. The third kappa shape index (κ3) is 5.35. The lowest BCUT2D eigenvalue weighted by Crippen LogP contribution is -2.47. The van der Waals surface area contributed by atoms with E-state index in [0.29, 0.717) is 35.1 Å². The first kappa shape index (κ1) is 20.8. The fraction of sp³-hybridized carbons (Fsp3) is 0.167. The van der Waals surface area contributed by atoms with Crippen LogP contribution in [0, 0.1) is 0 Å². The molecule has 0 aliphatic carbocycles. The predicted octanol–water partition coefficient (Wildman–Crippen LogP) is 3.73. The van der Waals surface area contributed by atoms with Crippen LogP contribution in [0.15, 0.2) is 72.8 Å². The van der Waals surface area contributed by atoms with E-state index >= 15 is 0 Å². The van der Waals surface area contributed by atoms with Crippen LogP contribution in [0.5, 0.6) is 11.5 Å². The van der Waals surface area contributed by atoms with Crippen LogP contribution in [-0.2, 0) is 17.8 Å². The first-order valence-electron chi connectivity index (χ1n) is 9.85. The Labute approximate surface area is 185 Å². The smallest absolute Gasteiger partial charge is 0.251 e. The van der Waals surface area contributed by atoms with Gasteiger partial charge in [-0.1, -0.05) is 48.0 Å². The number of rotatable bonds is 7. The summed E-state index contributed by atoms with van der Waals surface area (Å²) < 4.78 is 10.7. The SMILES string of the molecule is O=C(NC(Cc1ccccc1)C(=O)NCc1ccc2c(c1)OCO2)c1ccc(Cl)cc1. The minimum atomic E-state index is -0.736. The molecule has 0 saturated heterocycles. The lowest BCUT2D eigenvalue weighted by Gasteiger charge is -2.19. The normalized spacial score (nSPS) is 12.8. The Morgan fingerprint density at radius 3 is 2.42 bits per heavy atom. The van der Waals surface area contributed by atoms with E-state index in [1.54, 1.807) is 24.3 Å². The van der Waals surface area contributed by atoms with Gasteiger partial charge in [0.2, 0.25) is 12.7 Å². The van der Waals surface area contributed by atoms with E-state index in [1.165, 1.54) is 0 Å². The summed E-state index contributed by atoms with van der Waals surface area (Å²) in [6, 6.07) is 20.9. The van der Waals surface area contributed by atoms with E-state index in [0.717, 1.165) is 11.1 Å². The minimum absolute atomic E-state index is 0.195. The molecule has 0 spiro atoms. The van der Waals surface area contributed by atoms with E-state index in [4.69, 9.17) is 21.1 Å². The number of carbonyl (C=O) groups is 2. The fourth-order valence-corrected chi connectivity index (χ4v) is 3.39. The molecule has 1 aliphatic rings. The number of ether oxygens (including phenoxy) is 2. The van der Waals surface area contributed by atoms with Crippen LogP contribution in [0.3, 0.4) is 0 Å². The molecule has 2 N–H and O–H groups in total. The highest BCUT2D eigenvalue weighted by Gasteiger charge is 2.22. The molecule has 0 radical (unpaired) electrons. The first-order chi connectivity index (χ1) is 15.1. The van der Waals surface area contributed by atoms with Crippen LogP contribution in [0.2, 0.25) is 5.02 Å². The number of hydrogen-bond acceptors (Lipinski definition) is 4. The molecule has 1 unspecified atom stereocenters. The number of amides is 2. The standard InChI is InChI=1S/C24H21ClN2O4/c25-19-9-7-18(8-10-19)23(28)27-20(12-16-4-2-1-3-5-16)24(29)26-14-17-6-11-21-22(13-17)31-15-30-21/h1-11,13,20H,12,14-15H2,(H,26,29)(H,27,28). The molecule has 2 amide bonds. The topological polar surface area (TPSA) is 76.7 Å². The summed E-state index contributed by atoms with van der Waals surface area (Å²) in [4.78, 5) is 25.7. The van der Waals surface area contributed by atoms with Crippen LogP contribution in [0.1, 0.15) is 21.5 Å². The maximum Gasteiger partial charge on any atom is 0.251 e. The molecule has 4 rings (SSSR count). The zero-order valence-corrected chi connectivity index (χ0v) is 17.4. The molecule has 0 fully saturated rings. The first-order valence-corrected chi connectivity index (χ1v) is 10.2. The molecule has 6 nitrogen and oxygen atoms in total. The molecule has 0 bridgehead atoms. The van der Waals surface area contributed by atoms with Crippen LogP contribution < -0.4 is 20.1 Å². The zero-order chi connectivity index (χ0) is 21.6. The van der Waals surface area contributed by atoms with Gasteiger partial charge < -0.3 is 20.1 Å². The average Bonchev–Trinajstić information content (AvgIpc) is 3.26. The summed E-state index contributed by atoms with van der Waals surface area (Å²) in [6.45, 7) is 0.499. The van der Waals surface area contributed by atoms with Crippen LogP contribution in [-0.4, -0.2) is 24.6 Å². The molecule has 7 heteroatoms. The van der Waals surface area contributed by atoms with E-state index < -0.39 is 6.04 Å². The maximum atomic E-state index is 13.0. The number of benzene rings is 3. The quantitative estimate of drug-likeness (QED) is 0.591. The molecule has 0 aromatic heterocycles. The second-order valence-electron chi connectivity index (χ2n) is 7.13. The van der Waals surface area contributed by atoms with Crippen LogP contribution in [0.25, 0.3) is 0 Å². The molecule has 0 saturated carbocycles. The summed E-state index contributed by atoms with van der Waals surface area (Å²) >= 11 is 5.90. The summed E-state index contributed by atoms with van der Waals surface area (Å²) in [5.74, 6) is 0.732. The number of hydrogen-bond donors (Lipinski definition) is 2. The van der Waals surface area contributed by atoms with Gasteiger partial charge in [-0.2, -0.15) is 0 Å². The van der Waals surface area contributed by atoms with Crippen LogP contribution >= 0.6 is 11.6 Å². The molecule has 31 heavy (non-hydrogen) atoms. The van der Waals surface area contributed by atoms with Gasteiger partial charge in [-0.25, -0.2) is 0 Å².